The van der Waals surface area contributed by atoms with E-state index in [1.165, 1.54) is 11.3 Å². The van der Waals surface area contributed by atoms with Gasteiger partial charge in [-0.1, -0.05) is 6.92 Å². The number of amides is 1. The third kappa shape index (κ3) is 3.79. The number of rotatable bonds is 4. The first-order valence-corrected chi connectivity index (χ1v) is 10.6. The van der Waals surface area contributed by atoms with E-state index in [0.29, 0.717) is 16.5 Å². The first kappa shape index (κ1) is 18.5. The monoisotopic (exact) mass is 392 g/mol. The molecule has 1 aromatic carbocycles. The highest BCUT2D eigenvalue weighted by molar-refractivity contribution is 7.92. The van der Waals surface area contributed by atoms with Crippen molar-refractivity contribution in [2.75, 3.05) is 11.1 Å². The molecule has 0 fully saturated rings. The van der Waals surface area contributed by atoms with Gasteiger partial charge in [0.2, 0.25) is 5.91 Å². The molecule has 1 heterocycles. The highest BCUT2D eigenvalue weighted by Crippen LogP contribution is 2.39. The minimum Gasteiger partial charge on any atom is -0.316 e. The van der Waals surface area contributed by atoms with Crippen molar-refractivity contribution in [3.63, 3.8) is 0 Å². The summed E-state index contributed by atoms with van der Waals surface area (Å²) in [6.07, 6.45) is 2.64. The molecule has 0 aliphatic heterocycles. The molecule has 0 saturated heterocycles. The Morgan fingerprint density at radius 3 is 2.73 bits per heavy atom. The SMILES string of the molecule is C[C@H]1CCc2c(sc(NC(=O)CS(=O)(=O)c3ccc(F)cc3)c2C#N)C1. The second-order valence-corrected chi connectivity index (χ2v) is 9.52. The maximum atomic E-state index is 12.9. The van der Waals surface area contributed by atoms with E-state index in [-0.39, 0.29) is 4.90 Å². The Morgan fingerprint density at radius 2 is 2.08 bits per heavy atom. The molecular weight excluding hydrogens is 375 g/mol. The number of carbonyl (C=O) groups is 1. The lowest BCUT2D eigenvalue weighted by Crippen LogP contribution is -2.23. The van der Waals surface area contributed by atoms with Crippen molar-refractivity contribution in [3.8, 4) is 6.07 Å². The third-order valence-corrected chi connectivity index (χ3v) is 7.17. The van der Waals surface area contributed by atoms with Crippen LogP contribution in [0.5, 0.6) is 0 Å². The standard InChI is InChI=1S/C18H17FN2O3S2/c1-11-2-7-14-15(9-20)18(25-16(14)8-11)21-17(22)10-26(23,24)13-5-3-12(19)4-6-13/h3-6,11H,2,7-8,10H2,1H3,(H,21,22)/t11-/m0/s1. The first-order chi connectivity index (χ1) is 12.3. The van der Waals surface area contributed by atoms with Crippen LogP contribution in [0.15, 0.2) is 29.2 Å². The molecule has 0 spiro atoms. The minimum absolute atomic E-state index is 0.117. The number of sulfone groups is 1. The number of nitriles is 1. The number of nitrogens with zero attached hydrogens (tertiary/aromatic N) is 1. The van der Waals surface area contributed by atoms with Crippen LogP contribution in [0.3, 0.4) is 0 Å². The zero-order valence-corrected chi connectivity index (χ0v) is 15.7. The molecular formula is C18H17FN2O3S2. The number of thiophene rings is 1. The molecule has 5 nitrogen and oxygen atoms in total. The van der Waals surface area contributed by atoms with E-state index in [0.717, 1.165) is 54.0 Å². The molecule has 0 saturated carbocycles. The highest BCUT2D eigenvalue weighted by atomic mass is 32.2. The predicted molar refractivity (Wildman–Crippen MR) is 97.3 cm³/mol. The molecule has 0 bridgehead atoms. The van der Waals surface area contributed by atoms with Crippen LogP contribution in [0.4, 0.5) is 9.39 Å². The maximum absolute atomic E-state index is 12.9. The number of carbonyl (C=O) groups excluding carboxylic acids is 1. The summed E-state index contributed by atoms with van der Waals surface area (Å²) < 4.78 is 37.5. The van der Waals surface area contributed by atoms with Crippen molar-refractivity contribution in [1.82, 2.24) is 0 Å². The lowest BCUT2D eigenvalue weighted by molar-refractivity contribution is -0.113. The van der Waals surface area contributed by atoms with Crippen molar-refractivity contribution in [1.29, 1.82) is 5.26 Å². The van der Waals surface area contributed by atoms with Gasteiger partial charge in [0.05, 0.1) is 10.5 Å². The van der Waals surface area contributed by atoms with Crippen LogP contribution in [0.2, 0.25) is 0 Å². The Labute approximate surface area is 155 Å². The van der Waals surface area contributed by atoms with Gasteiger partial charge in [-0.15, -0.1) is 11.3 Å². The van der Waals surface area contributed by atoms with Crippen LogP contribution in [-0.4, -0.2) is 20.1 Å². The molecule has 1 aromatic heterocycles. The summed E-state index contributed by atoms with van der Waals surface area (Å²) in [5, 5.41) is 12.4. The highest BCUT2D eigenvalue weighted by Gasteiger charge is 2.26. The smallest absolute Gasteiger partial charge is 0.240 e. The summed E-state index contributed by atoms with van der Waals surface area (Å²) in [7, 11) is -3.88. The molecule has 2 aromatic rings. The van der Waals surface area contributed by atoms with Crippen molar-refractivity contribution < 1.29 is 17.6 Å². The maximum Gasteiger partial charge on any atom is 0.240 e. The van der Waals surface area contributed by atoms with Crippen molar-refractivity contribution in [3.05, 3.63) is 46.1 Å². The van der Waals surface area contributed by atoms with E-state index in [9.17, 15) is 22.9 Å². The van der Waals surface area contributed by atoms with Crippen LogP contribution < -0.4 is 5.32 Å². The van der Waals surface area contributed by atoms with Gasteiger partial charge in [-0.3, -0.25) is 4.79 Å². The molecule has 0 radical (unpaired) electrons. The third-order valence-electron chi connectivity index (χ3n) is 4.37. The fourth-order valence-electron chi connectivity index (χ4n) is 3.02. The zero-order valence-electron chi connectivity index (χ0n) is 14.1. The van der Waals surface area contributed by atoms with Gasteiger partial charge in [0.25, 0.3) is 0 Å². The number of fused-ring (bicyclic) bond motifs is 1. The van der Waals surface area contributed by atoms with Crippen molar-refractivity contribution in [2.24, 2.45) is 5.92 Å². The molecule has 26 heavy (non-hydrogen) atoms. The van der Waals surface area contributed by atoms with Gasteiger partial charge in [0.1, 0.15) is 22.6 Å². The lowest BCUT2D eigenvalue weighted by Gasteiger charge is -2.17. The lowest BCUT2D eigenvalue weighted by atomic mass is 9.89. The molecule has 1 atom stereocenters. The van der Waals surface area contributed by atoms with Crippen LogP contribution in [0.25, 0.3) is 0 Å². The Hall–Kier alpha value is -2.24. The quantitative estimate of drug-likeness (QED) is 0.809. The van der Waals surface area contributed by atoms with Gasteiger partial charge in [-0.2, -0.15) is 5.26 Å². The van der Waals surface area contributed by atoms with E-state index >= 15 is 0 Å². The second kappa shape index (κ2) is 7.17. The van der Waals surface area contributed by atoms with Gasteiger partial charge in [-0.05, 0) is 55.0 Å². The normalized spacial score (nSPS) is 16.6. The Kier molecular flexibility index (Phi) is 5.12. The van der Waals surface area contributed by atoms with E-state index in [4.69, 9.17) is 0 Å². The summed E-state index contributed by atoms with van der Waals surface area (Å²) in [5.41, 5.74) is 1.40. The Balaban J connectivity index is 1.78. The van der Waals surface area contributed by atoms with E-state index in [1.807, 2.05) is 0 Å². The molecule has 1 amide bonds. The fraction of sp³-hybridized carbons (Fsp3) is 0.333. The Morgan fingerprint density at radius 1 is 1.38 bits per heavy atom. The second-order valence-electron chi connectivity index (χ2n) is 6.43. The minimum atomic E-state index is -3.88. The topological polar surface area (TPSA) is 87.0 Å². The first-order valence-electron chi connectivity index (χ1n) is 8.13. The average molecular weight is 392 g/mol. The van der Waals surface area contributed by atoms with E-state index in [1.54, 1.807) is 0 Å². The number of halogens is 1. The van der Waals surface area contributed by atoms with Gasteiger partial charge in [0, 0.05) is 4.88 Å². The number of hydrogen-bond acceptors (Lipinski definition) is 5. The largest absolute Gasteiger partial charge is 0.316 e. The summed E-state index contributed by atoms with van der Waals surface area (Å²) >= 11 is 1.34. The number of anilines is 1. The molecule has 1 aliphatic rings. The molecule has 1 N–H and O–H groups in total. The average Bonchev–Trinajstić information content (AvgIpc) is 2.90. The Bertz CT molecular complexity index is 989. The number of nitrogens with one attached hydrogen (secondary N) is 1. The van der Waals surface area contributed by atoms with Gasteiger partial charge in [0.15, 0.2) is 9.84 Å². The van der Waals surface area contributed by atoms with E-state index < -0.39 is 27.3 Å². The summed E-state index contributed by atoms with van der Waals surface area (Å²) in [4.78, 5) is 13.2. The van der Waals surface area contributed by atoms with Crippen LogP contribution in [-0.2, 0) is 27.5 Å². The molecule has 0 unspecified atom stereocenters. The number of benzene rings is 1. The predicted octanol–water partition coefficient (Wildman–Crippen LogP) is 3.30. The van der Waals surface area contributed by atoms with Crippen LogP contribution in [0, 0.1) is 23.1 Å². The summed E-state index contributed by atoms with van der Waals surface area (Å²) in [6.45, 7) is 2.14. The fourth-order valence-corrected chi connectivity index (χ4v) is 5.53. The summed E-state index contributed by atoms with van der Waals surface area (Å²) in [6, 6.07) is 6.46. The zero-order chi connectivity index (χ0) is 18.9. The van der Waals surface area contributed by atoms with Crippen LogP contribution in [0.1, 0.15) is 29.3 Å². The molecule has 3 rings (SSSR count). The molecule has 136 valence electrons. The number of hydrogen-bond donors (Lipinski definition) is 1. The summed E-state index contributed by atoms with van der Waals surface area (Å²) in [5.74, 6) is -1.50. The molecule has 1 aliphatic carbocycles. The van der Waals surface area contributed by atoms with E-state index in [2.05, 4.69) is 18.3 Å². The van der Waals surface area contributed by atoms with Gasteiger partial charge >= 0.3 is 0 Å². The van der Waals surface area contributed by atoms with Gasteiger partial charge in [-0.25, -0.2) is 12.8 Å². The molecule has 8 heteroatoms. The van der Waals surface area contributed by atoms with Crippen molar-refractivity contribution >= 4 is 32.1 Å². The van der Waals surface area contributed by atoms with Crippen molar-refractivity contribution in [2.45, 2.75) is 31.1 Å². The van der Waals surface area contributed by atoms with Crippen LogP contribution >= 0.6 is 11.3 Å². The van der Waals surface area contributed by atoms with Gasteiger partial charge < -0.3 is 5.32 Å².